The summed E-state index contributed by atoms with van der Waals surface area (Å²) in [6.07, 6.45) is 8.55. The van der Waals surface area contributed by atoms with E-state index in [9.17, 15) is 0 Å². The van der Waals surface area contributed by atoms with Crippen molar-refractivity contribution >= 4 is 11.2 Å². The van der Waals surface area contributed by atoms with E-state index < -0.39 is 0 Å². The van der Waals surface area contributed by atoms with Gasteiger partial charge in [-0.25, -0.2) is 4.52 Å². The van der Waals surface area contributed by atoms with Gasteiger partial charge in [0.25, 0.3) is 0 Å². The summed E-state index contributed by atoms with van der Waals surface area (Å²) in [5, 5.41) is 4.86. The fourth-order valence-corrected chi connectivity index (χ4v) is 4.34. The number of hydrogen-bond acceptors (Lipinski definition) is 2. The molecule has 2 N–H and O–H groups in total. The number of hydrogen-bond donors (Lipinski definition) is 1. The second-order valence-electron chi connectivity index (χ2n) is 7.42. The number of nitrogens with zero attached hydrogens (tertiary/aromatic N) is 3. The Labute approximate surface area is 132 Å². The molecule has 22 heavy (non-hydrogen) atoms. The number of aromatic nitrogens is 2. The molecule has 1 fully saturated rings. The number of nitrogen functional groups attached to an aromatic ring is 1. The molecule has 0 aromatic carbocycles. The van der Waals surface area contributed by atoms with Crippen LogP contribution in [0.1, 0.15) is 42.6 Å². The number of aryl methyl sites for hydroxylation is 3. The SMILES string of the molecule is C[N+]1(CCCc2nn3c4c(ccc3c2N)CCC4)CCCC1. The molecular weight excluding hydrogens is 272 g/mol. The quantitative estimate of drug-likeness (QED) is 0.882. The average Bonchev–Trinajstić information content (AvgIpc) is 3.20. The van der Waals surface area contributed by atoms with Gasteiger partial charge in [0.2, 0.25) is 0 Å². The Kier molecular flexibility index (Phi) is 3.37. The summed E-state index contributed by atoms with van der Waals surface area (Å²) in [6, 6.07) is 4.40. The summed E-state index contributed by atoms with van der Waals surface area (Å²) in [5.41, 5.74) is 12.3. The van der Waals surface area contributed by atoms with Crippen LogP contribution in [0.15, 0.2) is 12.1 Å². The molecule has 1 aliphatic carbocycles. The first-order valence-corrected chi connectivity index (χ1v) is 8.78. The van der Waals surface area contributed by atoms with Gasteiger partial charge in [-0.05, 0) is 37.3 Å². The lowest BCUT2D eigenvalue weighted by atomic mass is 10.1. The van der Waals surface area contributed by atoms with Crippen molar-refractivity contribution in [1.29, 1.82) is 0 Å². The zero-order chi connectivity index (χ0) is 15.2. The number of fused-ring (bicyclic) bond motifs is 3. The molecule has 0 bridgehead atoms. The largest absolute Gasteiger partial charge is 0.395 e. The lowest BCUT2D eigenvalue weighted by Gasteiger charge is -2.28. The predicted octanol–water partition coefficient (Wildman–Crippen LogP) is 2.58. The molecule has 0 amide bonds. The molecule has 0 atom stereocenters. The number of likely N-dealkylation sites (tertiary alicyclic amines) is 1. The highest BCUT2D eigenvalue weighted by Crippen LogP contribution is 2.28. The maximum absolute atomic E-state index is 6.37. The van der Waals surface area contributed by atoms with Gasteiger partial charge >= 0.3 is 0 Å². The molecule has 2 aliphatic rings. The van der Waals surface area contributed by atoms with Crippen LogP contribution in [-0.4, -0.2) is 40.8 Å². The van der Waals surface area contributed by atoms with Crippen LogP contribution in [0.3, 0.4) is 0 Å². The predicted molar refractivity (Wildman–Crippen MR) is 90.0 cm³/mol. The standard InChI is InChI=1S/C18H27N4/c1-22(11-2-3-12-22)13-5-7-15-18(19)17-10-9-14-6-4-8-16(14)21(17)20-15/h9-10H,2-8,11-13,19H2,1H3/q+1. The molecule has 3 heterocycles. The molecule has 0 unspecified atom stereocenters. The first-order chi connectivity index (χ1) is 10.7. The summed E-state index contributed by atoms with van der Waals surface area (Å²) in [6.45, 7) is 3.94. The second kappa shape index (κ2) is 5.27. The maximum Gasteiger partial charge on any atom is 0.0897 e. The van der Waals surface area contributed by atoms with E-state index in [1.165, 1.54) is 67.5 Å². The van der Waals surface area contributed by atoms with Gasteiger partial charge in [-0.15, -0.1) is 0 Å². The van der Waals surface area contributed by atoms with Gasteiger partial charge in [0.05, 0.1) is 43.6 Å². The Morgan fingerprint density at radius 3 is 2.82 bits per heavy atom. The van der Waals surface area contributed by atoms with Crippen molar-refractivity contribution < 1.29 is 4.48 Å². The number of rotatable bonds is 4. The van der Waals surface area contributed by atoms with Crippen molar-refractivity contribution in [2.24, 2.45) is 0 Å². The Morgan fingerprint density at radius 1 is 1.18 bits per heavy atom. The van der Waals surface area contributed by atoms with Gasteiger partial charge in [0, 0.05) is 25.0 Å². The first kappa shape index (κ1) is 14.1. The number of nitrogens with two attached hydrogens (primary N) is 1. The van der Waals surface area contributed by atoms with Gasteiger partial charge in [-0.1, -0.05) is 6.07 Å². The van der Waals surface area contributed by atoms with Crippen LogP contribution >= 0.6 is 0 Å². The average molecular weight is 299 g/mol. The van der Waals surface area contributed by atoms with Crippen LogP contribution in [0.4, 0.5) is 5.69 Å². The van der Waals surface area contributed by atoms with Crippen molar-refractivity contribution in [3.05, 3.63) is 29.1 Å². The van der Waals surface area contributed by atoms with Crippen LogP contribution in [-0.2, 0) is 19.3 Å². The summed E-state index contributed by atoms with van der Waals surface area (Å²) in [7, 11) is 2.40. The van der Waals surface area contributed by atoms with E-state index in [1.54, 1.807) is 0 Å². The lowest BCUT2D eigenvalue weighted by molar-refractivity contribution is -0.897. The Morgan fingerprint density at radius 2 is 2.00 bits per heavy atom. The van der Waals surface area contributed by atoms with E-state index >= 15 is 0 Å². The minimum absolute atomic E-state index is 0.902. The van der Waals surface area contributed by atoms with E-state index in [-0.39, 0.29) is 0 Å². The van der Waals surface area contributed by atoms with E-state index in [0.29, 0.717) is 0 Å². The maximum atomic E-state index is 6.37. The van der Waals surface area contributed by atoms with Gasteiger partial charge in [0.1, 0.15) is 0 Å². The molecule has 0 radical (unpaired) electrons. The first-order valence-electron chi connectivity index (χ1n) is 8.78. The van der Waals surface area contributed by atoms with Crippen molar-refractivity contribution in [2.45, 2.75) is 44.9 Å². The molecule has 1 aliphatic heterocycles. The Balaban J connectivity index is 1.53. The summed E-state index contributed by atoms with van der Waals surface area (Å²) in [4.78, 5) is 0. The molecule has 0 saturated carbocycles. The van der Waals surface area contributed by atoms with Gasteiger partial charge in [-0.2, -0.15) is 5.10 Å². The summed E-state index contributed by atoms with van der Waals surface area (Å²) >= 11 is 0. The smallest absolute Gasteiger partial charge is 0.0897 e. The third-order valence-electron chi connectivity index (χ3n) is 5.72. The molecule has 2 aromatic heterocycles. The number of pyridine rings is 1. The highest BCUT2D eigenvalue weighted by molar-refractivity contribution is 5.73. The summed E-state index contributed by atoms with van der Waals surface area (Å²) in [5.74, 6) is 0. The minimum atomic E-state index is 0.902. The van der Waals surface area contributed by atoms with Crippen LogP contribution in [0.5, 0.6) is 0 Å². The van der Waals surface area contributed by atoms with Gasteiger partial charge in [-0.3, -0.25) is 0 Å². The Bertz CT molecular complexity index is 695. The monoisotopic (exact) mass is 299 g/mol. The molecule has 1 saturated heterocycles. The van der Waals surface area contributed by atoms with Crippen molar-refractivity contribution in [2.75, 3.05) is 32.4 Å². The van der Waals surface area contributed by atoms with Gasteiger partial charge in [0.15, 0.2) is 0 Å². The minimum Gasteiger partial charge on any atom is -0.395 e. The molecule has 4 nitrogen and oxygen atoms in total. The fourth-order valence-electron chi connectivity index (χ4n) is 4.34. The molecule has 0 spiro atoms. The van der Waals surface area contributed by atoms with Crippen molar-refractivity contribution in [3.8, 4) is 0 Å². The van der Waals surface area contributed by atoms with Crippen LogP contribution in [0, 0.1) is 0 Å². The van der Waals surface area contributed by atoms with E-state index in [4.69, 9.17) is 10.8 Å². The van der Waals surface area contributed by atoms with Crippen molar-refractivity contribution in [1.82, 2.24) is 9.61 Å². The lowest BCUT2D eigenvalue weighted by Crippen LogP contribution is -2.41. The third kappa shape index (κ3) is 2.30. The van der Waals surface area contributed by atoms with Crippen molar-refractivity contribution in [3.63, 3.8) is 0 Å². The van der Waals surface area contributed by atoms with E-state index in [0.717, 1.165) is 29.7 Å². The highest BCUT2D eigenvalue weighted by atomic mass is 15.3. The Hall–Kier alpha value is -1.55. The number of quaternary nitrogens is 1. The molecule has 118 valence electrons. The second-order valence-corrected chi connectivity index (χ2v) is 7.42. The fraction of sp³-hybridized carbons (Fsp3) is 0.611. The highest BCUT2D eigenvalue weighted by Gasteiger charge is 2.26. The molecule has 4 heteroatoms. The normalized spacial score (nSPS) is 19.9. The zero-order valence-corrected chi connectivity index (χ0v) is 13.6. The van der Waals surface area contributed by atoms with Crippen LogP contribution in [0.2, 0.25) is 0 Å². The van der Waals surface area contributed by atoms with E-state index in [1.807, 2.05) is 0 Å². The van der Waals surface area contributed by atoms with Crippen LogP contribution in [0.25, 0.3) is 5.52 Å². The topological polar surface area (TPSA) is 43.3 Å². The molecule has 4 rings (SSSR count). The third-order valence-corrected chi connectivity index (χ3v) is 5.72. The zero-order valence-electron chi connectivity index (χ0n) is 13.6. The summed E-state index contributed by atoms with van der Waals surface area (Å²) < 4.78 is 3.36. The van der Waals surface area contributed by atoms with E-state index in [2.05, 4.69) is 23.7 Å². The van der Waals surface area contributed by atoms with Gasteiger partial charge < -0.3 is 10.2 Å². The number of anilines is 1. The van der Waals surface area contributed by atoms with Crippen LogP contribution < -0.4 is 5.73 Å². The molecular formula is C18H27N4+. The molecule has 2 aromatic rings.